The first-order valence-corrected chi connectivity index (χ1v) is 6.89. The number of aryl methyl sites for hydroxylation is 2. The van der Waals surface area contributed by atoms with Gasteiger partial charge in [0.15, 0.2) is 0 Å². The molecule has 1 aliphatic carbocycles. The second kappa shape index (κ2) is 4.93. The Balaban J connectivity index is 1.85. The number of rotatable bonds is 3. The minimum Gasteiger partial charge on any atom is -0.273 e. The summed E-state index contributed by atoms with van der Waals surface area (Å²) in [7, 11) is 0. The molecule has 20 heavy (non-hydrogen) atoms. The van der Waals surface area contributed by atoms with Crippen molar-refractivity contribution in [3.05, 3.63) is 17.5 Å². The molecule has 6 nitrogen and oxygen atoms in total. The highest BCUT2D eigenvalue weighted by Crippen LogP contribution is 2.63. The average molecular weight is 319 g/mol. The monoisotopic (exact) mass is 318 g/mol. The van der Waals surface area contributed by atoms with E-state index in [1.807, 2.05) is 19.9 Å². The Hall–Kier alpha value is -1.27. The Kier molecular flexibility index (Phi) is 3.73. The Morgan fingerprint density at radius 2 is 2.00 bits per heavy atom. The number of carbonyl (C=O) groups excluding carboxylic acids is 2. The van der Waals surface area contributed by atoms with Crippen LogP contribution in [0.3, 0.4) is 0 Å². The molecule has 1 aromatic rings. The predicted octanol–water partition coefficient (Wildman–Crippen LogP) is 1.23. The number of alkyl halides is 2. The van der Waals surface area contributed by atoms with Gasteiger partial charge in [0, 0.05) is 5.69 Å². The molecule has 1 atom stereocenters. The van der Waals surface area contributed by atoms with E-state index in [9.17, 15) is 9.59 Å². The lowest BCUT2D eigenvalue weighted by Crippen LogP contribution is -2.47. The molecule has 1 aromatic heterocycles. The van der Waals surface area contributed by atoms with Crippen LogP contribution < -0.4 is 10.9 Å². The quantitative estimate of drug-likeness (QED) is 0.650. The van der Waals surface area contributed by atoms with Crippen LogP contribution in [-0.4, -0.2) is 25.9 Å². The first kappa shape index (κ1) is 15.1. The molecule has 2 N–H and O–H groups in total. The second-order valence-corrected chi connectivity index (χ2v) is 6.78. The van der Waals surface area contributed by atoms with Gasteiger partial charge in [-0.3, -0.25) is 25.1 Å². The van der Waals surface area contributed by atoms with Crippen molar-refractivity contribution >= 4 is 35.0 Å². The lowest BCUT2D eigenvalue weighted by atomic mass is 10.1. The fraction of sp³-hybridized carbons (Fsp3) is 0.583. The number of nitrogens with one attached hydrogen (secondary N) is 2. The number of amides is 2. The summed E-state index contributed by atoms with van der Waals surface area (Å²) in [6.45, 7) is 5.38. The molecule has 1 unspecified atom stereocenters. The van der Waals surface area contributed by atoms with Crippen molar-refractivity contribution < 1.29 is 9.59 Å². The van der Waals surface area contributed by atoms with Gasteiger partial charge < -0.3 is 0 Å². The molecule has 2 rings (SSSR count). The Morgan fingerprint density at radius 3 is 2.45 bits per heavy atom. The second-order valence-electron chi connectivity index (χ2n) is 5.30. The molecule has 0 aliphatic heterocycles. The van der Waals surface area contributed by atoms with Gasteiger partial charge in [-0.15, -0.1) is 23.2 Å². The molecule has 1 heterocycles. The van der Waals surface area contributed by atoms with Gasteiger partial charge in [0.05, 0.1) is 11.1 Å². The van der Waals surface area contributed by atoms with Crippen LogP contribution in [0.2, 0.25) is 0 Å². The SMILES string of the molecule is Cc1cc(C)n(CC(=O)NNC(=O)C2(C)CC2(Cl)Cl)n1. The third kappa shape index (κ3) is 2.76. The summed E-state index contributed by atoms with van der Waals surface area (Å²) < 4.78 is 0.501. The third-order valence-electron chi connectivity index (χ3n) is 3.47. The zero-order chi connectivity index (χ0) is 15.1. The Bertz CT molecular complexity index is 570. The zero-order valence-electron chi connectivity index (χ0n) is 11.5. The van der Waals surface area contributed by atoms with E-state index in [-0.39, 0.29) is 12.5 Å². The average Bonchev–Trinajstić information content (AvgIpc) is 2.68. The first-order chi connectivity index (χ1) is 9.15. The molecule has 1 saturated carbocycles. The van der Waals surface area contributed by atoms with Crippen molar-refractivity contribution in [2.24, 2.45) is 5.41 Å². The van der Waals surface area contributed by atoms with Crippen molar-refractivity contribution in [1.82, 2.24) is 20.6 Å². The van der Waals surface area contributed by atoms with Crippen LogP contribution in [0.15, 0.2) is 6.07 Å². The van der Waals surface area contributed by atoms with E-state index in [0.29, 0.717) is 6.42 Å². The lowest BCUT2D eigenvalue weighted by Gasteiger charge is -2.13. The molecule has 0 bridgehead atoms. The number of hydrogen-bond donors (Lipinski definition) is 2. The summed E-state index contributed by atoms with van der Waals surface area (Å²) >= 11 is 11.8. The molecule has 110 valence electrons. The van der Waals surface area contributed by atoms with Crippen LogP contribution in [0.25, 0.3) is 0 Å². The van der Waals surface area contributed by atoms with Gasteiger partial charge in [-0.1, -0.05) is 0 Å². The standard InChI is InChI=1S/C12H16Cl2N4O2/c1-7-4-8(2)18(17-7)5-9(19)15-16-10(20)11(3)6-12(11,13)14/h4H,5-6H2,1-3H3,(H,15,19)(H,16,20). The van der Waals surface area contributed by atoms with Crippen LogP contribution in [0.1, 0.15) is 24.7 Å². The molecule has 1 aliphatic rings. The molecule has 8 heteroatoms. The molecule has 2 amide bonds. The van der Waals surface area contributed by atoms with Crippen LogP contribution >= 0.6 is 23.2 Å². The number of hydrogen-bond acceptors (Lipinski definition) is 3. The Morgan fingerprint density at radius 1 is 1.40 bits per heavy atom. The first-order valence-electron chi connectivity index (χ1n) is 6.14. The van der Waals surface area contributed by atoms with Gasteiger partial charge in [-0.25, -0.2) is 0 Å². The van der Waals surface area contributed by atoms with E-state index in [1.54, 1.807) is 11.6 Å². The highest BCUT2D eigenvalue weighted by molar-refractivity contribution is 6.53. The molecule has 0 saturated heterocycles. The summed E-state index contributed by atoms with van der Waals surface area (Å²) in [4.78, 5) is 23.6. The highest BCUT2D eigenvalue weighted by atomic mass is 35.5. The molecule has 0 radical (unpaired) electrons. The molecule has 1 fully saturated rings. The van der Waals surface area contributed by atoms with E-state index in [4.69, 9.17) is 23.2 Å². The van der Waals surface area contributed by atoms with E-state index < -0.39 is 15.7 Å². The van der Waals surface area contributed by atoms with Gasteiger partial charge in [-0.2, -0.15) is 5.10 Å². The van der Waals surface area contributed by atoms with Gasteiger partial charge in [0.25, 0.3) is 5.91 Å². The number of nitrogens with zero attached hydrogens (tertiary/aromatic N) is 2. The largest absolute Gasteiger partial charge is 0.273 e. The van der Waals surface area contributed by atoms with Gasteiger partial charge >= 0.3 is 0 Å². The van der Waals surface area contributed by atoms with Crippen LogP contribution in [0.5, 0.6) is 0 Å². The van der Waals surface area contributed by atoms with Gasteiger partial charge in [-0.05, 0) is 33.3 Å². The van der Waals surface area contributed by atoms with E-state index >= 15 is 0 Å². The number of hydrazine groups is 1. The summed E-state index contributed by atoms with van der Waals surface area (Å²) in [5, 5.41) is 4.16. The lowest BCUT2D eigenvalue weighted by molar-refractivity contribution is -0.132. The van der Waals surface area contributed by atoms with E-state index in [1.165, 1.54) is 0 Å². The minimum atomic E-state index is -1.06. The zero-order valence-corrected chi connectivity index (χ0v) is 13.0. The van der Waals surface area contributed by atoms with Crippen molar-refractivity contribution in [2.75, 3.05) is 0 Å². The van der Waals surface area contributed by atoms with Gasteiger partial charge in [0.2, 0.25) is 5.91 Å². The summed E-state index contributed by atoms with van der Waals surface area (Å²) in [6, 6.07) is 1.87. The van der Waals surface area contributed by atoms with E-state index in [2.05, 4.69) is 16.0 Å². The summed E-state index contributed by atoms with van der Waals surface area (Å²) in [6.07, 6.45) is 0.363. The maximum Gasteiger partial charge on any atom is 0.260 e. The highest BCUT2D eigenvalue weighted by Gasteiger charge is 2.68. The number of halogens is 2. The van der Waals surface area contributed by atoms with Crippen LogP contribution in [-0.2, 0) is 16.1 Å². The third-order valence-corrected chi connectivity index (χ3v) is 4.57. The van der Waals surface area contributed by atoms with Gasteiger partial charge in [0.1, 0.15) is 10.9 Å². The minimum absolute atomic E-state index is 0.0313. The maximum absolute atomic E-state index is 11.9. The fourth-order valence-electron chi connectivity index (χ4n) is 1.92. The normalized spacial score (nSPS) is 23.2. The van der Waals surface area contributed by atoms with Crippen molar-refractivity contribution in [3.63, 3.8) is 0 Å². The smallest absolute Gasteiger partial charge is 0.260 e. The topological polar surface area (TPSA) is 76.0 Å². The van der Waals surface area contributed by atoms with Crippen molar-refractivity contribution in [3.8, 4) is 0 Å². The number of carbonyl (C=O) groups is 2. The maximum atomic E-state index is 11.9. The van der Waals surface area contributed by atoms with Crippen molar-refractivity contribution in [2.45, 2.75) is 38.1 Å². The van der Waals surface area contributed by atoms with Crippen LogP contribution in [0, 0.1) is 19.3 Å². The number of aromatic nitrogens is 2. The molecule has 0 aromatic carbocycles. The summed E-state index contributed by atoms with van der Waals surface area (Å²) in [5.74, 6) is -0.771. The predicted molar refractivity (Wildman–Crippen MR) is 75.1 cm³/mol. The molecular formula is C12H16Cl2N4O2. The molecular weight excluding hydrogens is 303 g/mol. The van der Waals surface area contributed by atoms with E-state index in [0.717, 1.165) is 11.4 Å². The fourth-order valence-corrected chi connectivity index (χ4v) is 2.63. The molecule has 0 spiro atoms. The van der Waals surface area contributed by atoms with Crippen molar-refractivity contribution in [1.29, 1.82) is 0 Å². The summed E-state index contributed by atoms with van der Waals surface area (Å²) in [5.41, 5.74) is 5.52. The Labute approximate surface area is 126 Å². The van der Waals surface area contributed by atoms with Crippen LogP contribution in [0.4, 0.5) is 0 Å².